The number of rotatable bonds is 4. The largest absolute Gasteiger partial charge is 0.271 e. The fourth-order valence-corrected chi connectivity index (χ4v) is 2.75. The number of nitrogens with zero attached hydrogens (tertiary/aromatic N) is 2. The van der Waals surface area contributed by atoms with Crippen molar-refractivity contribution in [3.05, 3.63) is 50.9 Å². The van der Waals surface area contributed by atoms with E-state index in [0.29, 0.717) is 0 Å². The normalized spacial score (nSPS) is 12.7. The van der Waals surface area contributed by atoms with Crippen LogP contribution in [-0.4, -0.2) is 9.78 Å². The minimum atomic E-state index is -0.0285. The molecule has 4 nitrogen and oxygen atoms in total. The molecule has 5 heteroatoms. The Bertz CT molecular complexity index is 536. The third-order valence-corrected chi connectivity index (χ3v) is 4.52. The van der Waals surface area contributed by atoms with Gasteiger partial charge in [-0.05, 0) is 53.6 Å². The minimum absolute atomic E-state index is 0.0285. The van der Waals surface area contributed by atoms with E-state index in [4.69, 9.17) is 5.84 Å². The summed E-state index contributed by atoms with van der Waals surface area (Å²) < 4.78 is 3.20. The van der Waals surface area contributed by atoms with E-state index in [9.17, 15) is 0 Å². The van der Waals surface area contributed by atoms with E-state index in [1.54, 1.807) is 0 Å². The smallest absolute Gasteiger partial charge is 0.0888 e. The lowest BCUT2D eigenvalue weighted by Gasteiger charge is -2.20. The number of hydrogen-bond acceptors (Lipinski definition) is 3. The molecule has 0 saturated carbocycles. The second kappa shape index (κ2) is 5.81. The Morgan fingerprint density at radius 1 is 1.44 bits per heavy atom. The second-order valence-corrected chi connectivity index (χ2v) is 5.23. The number of hydrazine groups is 1. The molecule has 96 valence electrons. The van der Waals surface area contributed by atoms with Gasteiger partial charge in [0, 0.05) is 16.3 Å². The summed E-state index contributed by atoms with van der Waals surface area (Å²) in [6.45, 7) is 5.02. The van der Waals surface area contributed by atoms with E-state index in [1.165, 1.54) is 14.7 Å². The second-order valence-electron chi connectivity index (χ2n) is 4.15. The van der Waals surface area contributed by atoms with Gasteiger partial charge in [0.25, 0.3) is 0 Å². The minimum Gasteiger partial charge on any atom is -0.271 e. The number of nitrogens with two attached hydrogens (primary N) is 1. The summed E-state index contributed by atoms with van der Waals surface area (Å²) in [6, 6.07) is 8.25. The summed E-state index contributed by atoms with van der Waals surface area (Å²) >= 11 is 2.37. The summed E-state index contributed by atoms with van der Waals surface area (Å²) in [4.78, 5) is 0. The van der Waals surface area contributed by atoms with Gasteiger partial charge in [-0.25, -0.2) is 5.43 Å². The first kappa shape index (κ1) is 13.5. The highest BCUT2D eigenvalue weighted by atomic mass is 127. The van der Waals surface area contributed by atoms with Gasteiger partial charge in [-0.2, -0.15) is 5.10 Å². The molecule has 1 aromatic heterocycles. The molecule has 1 unspecified atom stereocenters. The summed E-state index contributed by atoms with van der Waals surface area (Å²) in [5, 5.41) is 4.30. The zero-order valence-corrected chi connectivity index (χ0v) is 12.7. The highest BCUT2D eigenvalue weighted by Gasteiger charge is 2.19. The SMILES string of the molecule is CCn1nccc1C(NN)c1cccc(C)c1I. The van der Waals surface area contributed by atoms with Crippen molar-refractivity contribution in [3.63, 3.8) is 0 Å². The third-order valence-electron chi connectivity index (χ3n) is 3.04. The maximum atomic E-state index is 5.74. The summed E-state index contributed by atoms with van der Waals surface area (Å²) in [7, 11) is 0. The Hall–Kier alpha value is -0.920. The van der Waals surface area contributed by atoms with Crippen LogP contribution in [0.1, 0.15) is 29.8 Å². The van der Waals surface area contributed by atoms with Gasteiger partial charge in [0.2, 0.25) is 0 Å². The predicted molar refractivity (Wildman–Crippen MR) is 81.0 cm³/mol. The molecule has 0 aliphatic rings. The number of hydrogen-bond donors (Lipinski definition) is 2. The van der Waals surface area contributed by atoms with Crippen molar-refractivity contribution in [2.24, 2.45) is 5.84 Å². The first-order valence-corrected chi connectivity index (χ1v) is 6.99. The molecule has 0 aliphatic carbocycles. The molecule has 0 bridgehead atoms. The van der Waals surface area contributed by atoms with Crippen molar-refractivity contribution in [2.45, 2.75) is 26.4 Å². The number of aryl methyl sites for hydroxylation is 2. The Kier molecular flexibility index (Phi) is 4.36. The van der Waals surface area contributed by atoms with Crippen LogP contribution in [0.25, 0.3) is 0 Å². The predicted octanol–water partition coefficient (Wildman–Crippen LogP) is 2.37. The Labute approximate surface area is 121 Å². The summed E-state index contributed by atoms with van der Waals surface area (Å²) in [5.41, 5.74) is 6.43. The molecule has 3 N–H and O–H groups in total. The molecule has 18 heavy (non-hydrogen) atoms. The van der Waals surface area contributed by atoms with Gasteiger partial charge < -0.3 is 0 Å². The van der Waals surface area contributed by atoms with Gasteiger partial charge in [0.05, 0.1) is 11.7 Å². The maximum absolute atomic E-state index is 5.74. The number of benzene rings is 1. The quantitative estimate of drug-likeness (QED) is 0.503. The van der Waals surface area contributed by atoms with Gasteiger partial charge >= 0.3 is 0 Å². The van der Waals surface area contributed by atoms with E-state index in [1.807, 2.05) is 16.9 Å². The van der Waals surface area contributed by atoms with Crippen molar-refractivity contribution in [2.75, 3.05) is 0 Å². The zero-order chi connectivity index (χ0) is 13.1. The van der Waals surface area contributed by atoms with Gasteiger partial charge in [-0.3, -0.25) is 10.5 Å². The molecular formula is C13H17IN4. The molecule has 2 rings (SSSR count). The monoisotopic (exact) mass is 356 g/mol. The summed E-state index contributed by atoms with van der Waals surface area (Å²) in [5.74, 6) is 5.74. The zero-order valence-electron chi connectivity index (χ0n) is 10.5. The van der Waals surface area contributed by atoms with Crippen LogP contribution in [0.15, 0.2) is 30.5 Å². The molecule has 0 fully saturated rings. The number of halogens is 1. The van der Waals surface area contributed by atoms with Crippen molar-refractivity contribution >= 4 is 22.6 Å². The van der Waals surface area contributed by atoms with E-state index in [-0.39, 0.29) is 6.04 Å². The molecule has 2 aromatic rings. The first-order chi connectivity index (χ1) is 8.69. The molecular weight excluding hydrogens is 339 g/mol. The van der Waals surface area contributed by atoms with E-state index in [0.717, 1.165) is 12.2 Å². The van der Waals surface area contributed by atoms with Crippen LogP contribution in [0, 0.1) is 10.5 Å². The molecule has 0 spiro atoms. The molecule has 1 aromatic carbocycles. The van der Waals surface area contributed by atoms with Gasteiger partial charge in [0.1, 0.15) is 0 Å². The fourth-order valence-electron chi connectivity index (χ4n) is 2.08. The van der Waals surface area contributed by atoms with Crippen molar-refractivity contribution in [1.82, 2.24) is 15.2 Å². The van der Waals surface area contributed by atoms with E-state index < -0.39 is 0 Å². The summed E-state index contributed by atoms with van der Waals surface area (Å²) in [6.07, 6.45) is 1.81. The van der Waals surface area contributed by atoms with Gasteiger partial charge in [-0.1, -0.05) is 18.2 Å². The third kappa shape index (κ3) is 2.43. The average Bonchev–Trinajstić information content (AvgIpc) is 2.83. The van der Waals surface area contributed by atoms with Crippen LogP contribution in [0.5, 0.6) is 0 Å². The van der Waals surface area contributed by atoms with Crippen LogP contribution < -0.4 is 11.3 Å². The Morgan fingerprint density at radius 2 is 2.22 bits per heavy atom. The van der Waals surface area contributed by atoms with Crippen molar-refractivity contribution in [1.29, 1.82) is 0 Å². The van der Waals surface area contributed by atoms with Crippen LogP contribution >= 0.6 is 22.6 Å². The molecule has 1 heterocycles. The fraction of sp³-hybridized carbons (Fsp3) is 0.308. The molecule has 0 saturated heterocycles. The van der Waals surface area contributed by atoms with Crippen molar-refractivity contribution in [3.8, 4) is 0 Å². The Balaban J connectivity index is 2.49. The van der Waals surface area contributed by atoms with E-state index in [2.05, 4.69) is 65.2 Å². The van der Waals surface area contributed by atoms with Crippen LogP contribution in [-0.2, 0) is 6.54 Å². The van der Waals surface area contributed by atoms with Crippen LogP contribution in [0.4, 0.5) is 0 Å². The first-order valence-electron chi connectivity index (χ1n) is 5.91. The average molecular weight is 356 g/mol. The molecule has 1 atom stereocenters. The highest BCUT2D eigenvalue weighted by molar-refractivity contribution is 14.1. The highest BCUT2D eigenvalue weighted by Crippen LogP contribution is 2.27. The lowest BCUT2D eigenvalue weighted by Crippen LogP contribution is -2.31. The lowest BCUT2D eigenvalue weighted by atomic mass is 10.0. The number of aromatic nitrogens is 2. The van der Waals surface area contributed by atoms with Crippen LogP contribution in [0.3, 0.4) is 0 Å². The van der Waals surface area contributed by atoms with Gasteiger partial charge in [-0.15, -0.1) is 0 Å². The van der Waals surface area contributed by atoms with Gasteiger partial charge in [0.15, 0.2) is 0 Å². The number of nitrogens with one attached hydrogen (secondary N) is 1. The lowest BCUT2D eigenvalue weighted by molar-refractivity contribution is 0.542. The molecule has 0 radical (unpaired) electrons. The van der Waals surface area contributed by atoms with Crippen LogP contribution in [0.2, 0.25) is 0 Å². The maximum Gasteiger partial charge on any atom is 0.0888 e. The van der Waals surface area contributed by atoms with E-state index >= 15 is 0 Å². The molecule has 0 amide bonds. The topological polar surface area (TPSA) is 55.9 Å². The Morgan fingerprint density at radius 3 is 2.89 bits per heavy atom. The van der Waals surface area contributed by atoms with Crippen molar-refractivity contribution < 1.29 is 0 Å². The molecule has 0 aliphatic heterocycles. The standard InChI is InChI=1S/C13H17IN4/c1-3-18-11(7-8-16-18)13(17-15)10-6-4-5-9(2)12(10)14/h4-8,13,17H,3,15H2,1-2H3.